The van der Waals surface area contributed by atoms with Crippen LogP contribution in [0.1, 0.15) is 37.8 Å². The molecule has 3 N–H and O–H groups in total. The second-order valence-corrected chi connectivity index (χ2v) is 3.95. The van der Waals surface area contributed by atoms with Crippen molar-refractivity contribution in [3.05, 3.63) is 35.4 Å². The Morgan fingerprint density at radius 3 is 2.31 bits per heavy atom. The van der Waals surface area contributed by atoms with Gasteiger partial charge in [0.1, 0.15) is 0 Å². The van der Waals surface area contributed by atoms with Crippen molar-refractivity contribution in [1.29, 1.82) is 0 Å². The SMILES string of the molecule is C/C(=N\NC(N)=O)c1ccc(C(C)C)cc1. The summed E-state index contributed by atoms with van der Waals surface area (Å²) in [5.74, 6) is 0.509. The smallest absolute Gasteiger partial charge is 0.332 e. The highest BCUT2D eigenvalue weighted by molar-refractivity contribution is 5.99. The zero-order valence-electron chi connectivity index (χ0n) is 9.82. The molecule has 0 saturated heterocycles. The third-order valence-electron chi connectivity index (χ3n) is 2.33. The monoisotopic (exact) mass is 219 g/mol. The highest BCUT2D eigenvalue weighted by Crippen LogP contribution is 2.14. The average Bonchev–Trinajstić information content (AvgIpc) is 2.26. The minimum Gasteiger partial charge on any atom is -0.350 e. The van der Waals surface area contributed by atoms with Gasteiger partial charge in [0.05, 0.1) is 5.71 Å². The minimum absolute atomic E-state index is 0.509. The van der Waals surface area contributed by atoms with Crippen LogP contribution in [0.15, 0.2) is 29.4 Å². The fraction of sp³-hybridized carbons (Fsp3) is 0.333. The molecular weight excluding hydrogens is 202 g/mol. The van der Waals surface area contributed by atoms with Crippen LogP contribution < -0.4 is 11.2 Å². The molecule has 0 aliphatic rings. The van der Waals surface area contributed by atoms with Crippen molar-refractivity contribution in [2.24, 2.45) is 10.8 Å². The van der Waals surface area contributed by atoms with Crippen molar-refractivity contribution in [3.8, 4) is 0 Å². The first-order valence-electron chi connectivity index (χ1n) is 5.20. The number of hydrogen-bond donors (Lipinski definition) is 2. The fourth-order valence-corrected chi connectivity index (χ4v) is 1.31. The molecule has 0 heterocycles. The van der Waals surface area contributed by atoms with Crippen molar-refractivity contribution < 1.29 is 4.79 Å². The van der Waals surface area contributed by atoms with Crippen molar-refractivity contribution in [2.45, 2.75) is 26.7 Å². The van der Waals surface area contributed by atoms with Gasteiger partial charge in [-0.15, -0.1) is 0 Å². The molecule has 1 rings (SSSR count). The number of primary amides is 1. The number of carbonyl (C=O) groups is 1. The van der Waals surface area contributed by atoms with Crippen molar-refractivity contribution in [2.75, 3.05) is 0 Å². The third kappa shape index (κ3) is 3.38. The van der Waals surface area contributed by atoms with Gasteiger partial charge in [0.15, 0.2) is 0 Å². The van der Waals surface area contributed by atoms with Gasteiger partial charge in [0.25, 0.3) is 0 Å². The third-order valence-corrected chi connectivity index (χ3v) is 2.33. The molecular formula is C12H17N3O. The normalized spacial score (nSPS) is 11.6. The van der Waals surface area contributed by atoms with E-state index in [4.69, 9.17) is 5.73 Å². The van der Waals surface area contributed by atoms with E-state index in [9.17, 15) is 4.79 Å². The van der Waals surface area contributed by atoms with Gasteiger partial charge in [0, 0.05) is 0 Å². The van der Waals surface area contributed by atoms with E-state index in [0.29, 0.717) is 5.92 Å². The van der Waals surface area contributed by atoms with Gasteiger partial charge in [-0.1, -0.05) is 38.1 Å². The maximum absolute atomic E-state index is 10.5. The summed E-state index contributed by atoms with van der Waals surface area (Å²) in [5, 5.41) is 3.86. The number of nitrogens with zero attached hydrogens (tertiary/aromatic N) is 1. The highest BCUT2D eigenvalue weighted by atomic mass is 16.2. The molecule has 0 saturated carbocycles. The molecule has 0 aromatic heterocycles. The Morgan fingerprint density at radius 1 is 1.31 bits per heavy atom. The van der Waals surface area contributed by atoms with E-state index in [1.54, 1.807) is 0 Å². The molecule has 0 aliphatic heterocycles. The lowest BCUT2D eigenvalue weighted by molar-refractivity contribution is 0.249. The van der Waals surface area contributed by atoms with Crippen LogP contribution in [0.4, 0.5) is 4.79 Å². The number of urea groups is 1. The lowest BCUT2D eigenvalue weighted by Gasteiger charge is -2.06. The molecule has 16 heavy (non-hydrogen) atoms. The Bertz CT molecular complexity index is 393. The molecule has 0 unspecified atom stereocenters. The van der Waals surface area contributed by atoms with Crippen molar-refractivity contribution in [1.82, 2.24) is 5.43 Å². The quantitative estimate of drug-likeness (QED) is 0.594. The summed E-state index contributed by atoms with van der Waals surface area (Å²) in [5.41, 5.74) is 10.1. The number of carbonyl (C=O) groups excluding carboxylic acids is 1. The van der Waals surface area contributed by atoms with Crippen LogP contribution in [0, 0.1) is 0 Å². The first-order valence-corrected chi connectivity index (χ1v) is 5.20. The van der Waals surface area contributed by atoms with Gasteiger partial charge in [-0.2, -0.15) is 5.10 Å². The Kier molecular flexibility index (Phi) is 4.05. The van der Waals surface area contributed by atoms with Crippen LogP contribution in [0.25, 0.3) is 0 Å². The Morgan fingerprint density at radius 2 is 1.88 bits per heavy atom. The number of hydrazone groups is 1. The van der Waals surface area contributed by atoms with Crippen molar-refractivity contribution in [3.63, 3.8) is 0 Å². The molecule has 2 amide bonds. The molecule has 0 atom stereocenters. The maximum atomic E-state index is 10.5. The molecule has 86 valence electrons. The molecule has 0 radical (unpaired) electrons. The molecule has 0 bridgehead atoms. The zero-order chi connectivity index (χ0) is 12.1. The van der Waals surface area contributed by atoms with E-state index in [1.807, 2.05) is 19.1 Å². The van der Waals surface area contributed by atoms with Gasteiger partial charge in [-0.25, -0.2) is 10.2 Å². The van der Waals surface area contributed by atoms with E-state index in [1.165, 1.54) is 5.56 Å². The van der Waals surface area contributed by atoms with Crippen molar-refractivity contribution >= 4 is 11.7 Å². The number of benzene rings is 1. The van der Waals surface area contributed by atoms with Crippen LogP contribution in [0.3, 0.4) is 0 Å². The summed E-state index contributed by atoms with van der Waals surface area (Å²) in [6.45, 7) is 6.11. The predicted molar refractivity (Wildman–Crippen MR) is 65.5 cm³/mol. The maximum Gasteiger partial charge on any atom is 0.332 e. The molecule has 1 aromatic carbocycles. The molecule has 0 aliphatic carbocycles. The summed E-state index contributed by atoms with van der Waals surface area (Å²) in [6, 6.07) is 7.43. The minimum atomic E-state index is -0.654. The molecule has 4 nitrogen and oxygen atoms in total. The topological polar surface area (TPSA) is 67.5 Å². The summed E-state index contributed by atoms with van der Waals surface area (Å²) in [4.78, 5) is 10.5. The molecule has 0 spiro atoms. The fourth-order valence-electron chi connectivity index (χ4n) is 1.31. The zero-order valence-corrected chi connectivity index (χ0v) is 9.82. The van der Waals surface area contributed by atoms with Crippen LogP contribution in [0.5, 0.6) is 0 Å². The second-order valence-electron chi connectivity index (χ2n) is 3.95. The molecule has 0 fully saturated rings. The van der Waals surface area contributed by atoms with Crippen LogP contribution in [-0.4, -0.2) is 11.7 Å². The summed E-state index contributed by atoms with van der Waals surface area (Å²) < 4.78 is 0. The van der Waals surface area contributed by atoms with Crippen LogP contribution in [0.2, 0.25) is 0 Å². The van der Waals surface area contributed by atoms with Gasteiger partial charge in [0.2, 0.25) is 0 Å². The van der Waals surface area contributed by atoms with E-state index >= 15 is 0 Å². The Balaban J connectivity index is 2.81. The van der Waals surface area contributed by atoms with E-state index < -0.39 is 6.03 Å². The molecule has 1 aromatic rings. The number of nitrogens with two attached hydrogens (primary N) is 1. The number of rotatable bonds is 3. The first kappa shape index (κ1) is 12.2. The van der Waals surface area contributed by atoms with E-state index in [-0.39, 0.29) is 0 Å². The van der Waals surface area contributed by atoms with E-state index in [2.05, 4.69) is 36.5 Å². The summed E-state index contributed by atoms with van der Waals surface area (Å²) >= 11 is 0. The number of hydrogen-bond acceptors (Lipinski definition) is 2. The first-order chi connectivity index (χ1) is 7.50. The largest absolute Gasteiger partial charge is 0.350 e. The van der Waals surface area contributed by atoms with Crippen LogP contribution in [-0.2, 0) is 0 Å². The standard InChI is InChI=1S/C12H17N3O/c1-8(2)10-4-6-11(7-5-10)9(3)14-15-12(13)16/h4-8H,1-3H3,(H3,13,15,16)/b14-9+. The van der Waals surface area contributed by atoms with Gasteiger partial charge in [-0.3, -0.25) is 0 Å². The van der Waals surface area contributed by atoms with Gasteiger partial charge in [-0.05, 0) is 24.0 Å². The second kappa shape index (κ2) is 5.30. The predicted octanol–water partition coefficient (Wildman–Crippen LogP) is 2.20. The number of nitrogens with one attached hydrogen (secondary N) is 1. The van der Waals surface area contributed by atoms with E-state index in [0.717, 1.165) is 11.3 Å². The summed E-state index contributed by atoms with van der Waals surface area (Å²) in [7, 11) is 0. The van der Waals surface area contributed by atoms with Crippen LogP contribution >= 0.6 is 0 Å². The van der Waals surface area contributed by atoms with Gasteiger partial charge < -0.3 is 5.73 Å². The lowest BCUT2D eigenvalue weighted by Crippen LogP contribution is -2.25. The summed E-state index contributed by atoms with van der Waals surface area (Å²) in [6.07, 6.45) is 0. The highest BCUT2D eigenvalue weighted by Gasteiger charge is 2.01. The number of amides is 2. The lowest BCUT2D eigenvalue weighted by atomic mass is 10.0. The Hall–Kier alpha value is -1.84. The Labute approximate surface area is 95.5 Å². The molecule has 4 heteroatoms. The van der Waals surface area contributed by atoms with Gasteiger partial charge >= 0.3 is 6.03 Å². The average molecular weight is 219 g/mol.